The zero-order valence-corrected chi connectivity index (χ0v) is 9.57. The Morgan fingerprint density at radius 1 is 1.13 bits per heavy atom. The fourth-order valence-electron chi connectivity index (χ4n) is 1.15. The van der Waals surface area contributed by atoms with Gasteiger partial charge in [-0.25, -0.2) is 0 Å². The molecule has 0 amide bonds. The first kappa shape index (κ1) is 11.9. The molecule has 0 aromatic heterocycles. The lowest BCUT2D eigenvalue weighted by molar-refractivity contribution is 0.178. The van der Waals surface area contributed by atoms with E-state index in [4.69, 9.17) is 15.2 Å². The van der Waals surface area contributed by atoms with Crippen LogP contribution in [0.15, 0.2) is 24.3 Å². The predicted molar refractivity (Wildman–Crippen MR) is 61.1 cm³/mol. The third kappa shape index (κ3) is 3.80. The van der Waals surface area contributed by atoms with E-state index in [0.29, 0.717) is 5.75 Å². The molecule has 84 valence electrons. The molecule has 0 radical (unpaired) electrons. The molecule has 0 saturated carbocycles. The molecule has 1 aromatic rings. The maximum atomic E-state index is 5.73. The second-order valence-electron chi connectivity index (χ2n) is 3.68. The van der Waals surface area contributed by atoms with E-state index in [1.54, 1.807) is 0 Å². The Hall–Kier alpha value is -1.22. The molecule has 0 aliphatic carbocycles. The molecular formula is C12H19NO2. The number of hydrogen-bond acceptors (Lipinski definition) is 3. The standard InChI is InChI=1S/C12H19NO2/c1-4-12(13)15-11-8-6-5-7-10(11)14-9(2)3/h5-9,12H,4,13H2,1-3H3. The van der Waals surface area contributed by atoms with Crippen molar-refractivity contribution in [1.82, 2.24) is 0 Å². The van der Waals surface area contributed by atoms with Crippen LogP contribution in [-0.4, -0.2) is 12.3 Å². The Bertz CT molecular complexity index is 299. The lowest BCUT2D eigenvalue weighted by Crippen LogP contribution is -2.26. The fraction of sp³-hybridized carbons (Fsp3) is 0.500. The molecule has 3 heteroatoms. The highest BCUT2D eigenvalue weighted by Crippen LogP contribution is 2.28. The number of nitrogens with two attached hydrogens (primary N) is 1. The zero-order chi connectivity index (χ0) is 11.3. The van der Waals surface area contributed by atoms with Gasteiger partial charge in [-0.2, -0.15) is 0 Å². The largest absolute Gasteiger partial charge is 0.487 e. The lowest BCUT2D eigenvalue weighted by atomic mass is 10.3. The maximum Gasteiger partial charge on any atom is 0.163 e. The topological polar surface area (TPSA) is 44.5 Å². The van der Waals surface area contributed by atoms with Crippen molar-refractivity contribution < 1.29 is 9.47 Å². The van der Waals surface area contributed by atoms with E-state index < -0.39 is 0 Å². The van der Waals surface area contributed by atoms with Gasteiger partial charge in [-0.3, -0.25) is 5.73 Å². The molecular weight excluding hydrogens is 190 g/mol. The molecule has 2 N–H and O–H groups in total. The van der Waals surface area contributed by atoms with Gasteiger partial charge < -0.3 is 9.47 Å². The second-order valence-corrected chi connectivity index (χ2v) is 3.68. The second kappa shape index (κ2) is 5.61. The van der Waals surface area contributed by atoms with E-state index in [-0.39, 0.29) is 12.3 Å². The van der Waals surface area contributed by atoms with Crippen LogP contribution in [0.25, 0.3) is 0 Å². The van der Waals surface area contributed by atoms with Crippen molar-refractivity contribution >= 4 is 0 Å². The quantitative estimate of drug-likeness (QED) is 0.758. The smallest absolute Gasteiger partial charge is 0.163 e. The summed E-state index contributed by atoms with van der Waals surface area (Å²) in [6.45, 7) is 5.95. The van der Waals surface area contributed by atoms with Crippen LogP contribution in [-0.2, 0) is 0 Å². The first-order chi connectivity index (χ1) is 7.13. The number of ether oxygens (including phenoxy) is 2. The van der Waals surface area contributed by atoms with E-state index >= 15 is 0 Å². The Labute approximate surface area is 91.2 Å². The van der Waals surface area contributed by atoms with Crippen molar-refractivity contribution in [1.29, 1.82) is 0 Å². The molecule has 0 fully saturated rings. The molecule has 3 nitrogen and oxygen atoms in total. The van der Waals surface area contributed by atoms with E-state index in [1.807, 2.05) is 45.0 Å². The van der Waals surface area contributed by atoms with Gasteiger partial charge in [-0.1, -0.05) is 19.1 Å². The van der Waals surface area contributed by atoms with Crippen LogP contribution in [0.5, 0.6) is 11.5 Å². The van der Waals surface area contributed by atoms with Crippen molar-refractivity contribution in [2.75, 3.05) is 0 Å². The van der Waals surface area contributed by atoms with Gasteiger partial charge in [0.1, 0.15) is 6.23 Å². The molecule has 15 heavy (non-hydrogen) atoms. The summed E-state index contributed by atoms with van der Waals surface area (Å²) in [6.07, 6.45) is 0.630. The Morgan fingerprint density at radius 2 is 1.67 bits per heavy atom. The molecule has 0 aliphatic rings. The van der Waals surface area contributed by atoms with E-state index in [9.17, 15) is 0 Å². The van der Waals surface area contributed by atoms with Crippen LogP contribution < -0.4 is 15.2 Å². The van der Waals surface area contributed by atoms with Gasteiger partial charge in [0.15, 0.2) is 11.5 Å². The van der Waals surface area contributed by atoms with Crippen molar-refractivity contribution in [2.45, 2.75) is 39.5 Å². The number of hydrogen-bond donors (Lipinski definition) is 1. The van der Waals surface area contributed by atoms with Crippen molar-refractivity contribution in [3.8, 4) is 11.5 Å². The Balaban J connectivity index is 2.76. The zero-order valence-electron chi connectivity index (χ0n) is 9.57. The maximum absolute atomic E-state index is 5.73. The highest BCUT2D eigenvalue weighted by atomic mass is 16.5. The minimum atomic E-state index is -0.276. The average Bonchev–Trinajstić information content (AvgIpc) is 2.20. The van der Waals surface area contributed by atoms with E-state index in [1.165, 1.54) is 0 Å². The molecule has 1 unspecified atom stereocenters. The SMILES string of the molecule is CCC(N)Oc1ccccc1OC(C)C. The summed E-state index contributed by atoms with van der Waals surface area (Å²) < 4.78 is 11.2. The van der Waals surface area contributed by atoms with Crippen LogP contribution in [0, 0.1) is 0 Å². The summed E-state index contributed by atoms with van der Waals surface area (Å²) in [4.78, 5) is 0. The van der Waals surface area contributed by atoms with Crippen LogP contribution in [0.4, 0.5) is 0 Å². The van der Waals surface area contributed by atoms with Gasteiger partial charge in [-0.15, -0.1) is 0 Å². The molecule has 1 atom stereocenters. The number of benzene rings is 1. The molecule has 0 spiro atoms. The minimum Gasteiger partial charge on any atom is -0.487 e. The summed E-state index contributed by atoms with van der Waals surface area (Å²) in [5, 5.41) is 0. The van der Waals surface area contributed by atoms with Gasteiger partial charge >= 0.3 is 0 Å². The van der Waals surface area contributed by atoms with Gasteiger partial charge in [0.05, 0.1) is 6.10 Å². The van der Waals surface area contributed by atoms with Crippen LogP contribution in [0.2, 0.25) is 0 Å². The van der Waals surface area contributed by atoms with Gasteiger partial charge in [0.25, 0.3) is 0 Å². The molecule has 0 bridgehead atoms. The summed E-state index contributed by atoms with van der Waals surface area (Å²) in [7, 11) is 0. The van der Waals surface area contributed by atoms with Crippen LogP contribution in [0.1, 0.15) is 27.2 Å². The predicted octanol–water partition coefficient (Wildman–Crippen LogP) is 2.55. The lowest BCUT2D eigenvalue weighted by Gasteiger charge is -2.17. The van der Waals surface area contributed by atoms with Crippen molar-refractivity contribution in [3.63, 3.8) is 0 Å². The first-order valence-electron chi connectivity index (χ1n) is 5.31. The number of rotatable bonds is 5. The van der Waals surface area contributed by atoms with Crippen LogP contribution in [0.3, 0.4) is 0 Å². The van der Waals surface area contributed by atoms with E-state index in [2.05, 4.69) is 0 Å². The molecule has 1 rings (SSSR count). The summed E-state index contributed by atoms with van der Waals surface area (Å²) in [5.74, 6) is 1.46. The third-order valence-corrected chi connectivity index (χ3v) is 1.89. The Kier molecular flexibility index (Phi) is 4.43. The normalized spacial score (nSPS) is 12.6. The summed E-state index contributed by atoms with van der Waals surface area (Å²) >= 11 is 0. The highest BCUT2D eigenvalue weighted by Gasteiger charge is 2.08. The average molecular weight is 209 g/mol. The monoisotopic (exact) mass is 209 g/mol. The first-order valence-corrected chi connectivity index (χ1v) is 5.31. The van der Waals surface area contributed by atoms with Crippen LogP contribution >= 0.6 is 0 Å². The van der Waals surface area contributed by atoms with Crippen molar-refractivity contribution in [2.24, 2.45) is 5.73 Å². The minimum absolute atomic E-state index is 0.132. The highest BCUT2D eigenvalue weighted by molar-refractivity contribution is 5.39. The fourth-order valence-corrected chi connectivity index (χ4v) is 1.15. The van der Waals surface area contributed by atoms with Crippen molar-refractivity contribution in [3.05, 3.63) is 24.3 Å². The Morgan fingerprint density at radius 3 is 2.13 bits per heavy atom. The van der Waals surface area contributed by atoms with E-state index in [0.717, 1.165) is 12.2 Å². The molecule has 0 heterocycles. The number of para-hydroxylation sites is 2. The summed E-state index contributed by atoms with van der Waals surface area (Å²) in [5.41, 5.74) is 5.73. The van der Waals surface area contributed by atoms with Gasteiger partial charge in [-0.05, 0) is 32.4 Å². The van der Waals surface area contributed by atoms with Gasteiger partial charge in [0, 0.05) is 0 Å². The van der Waals surface area contributed by atoms with Gasteiger partial charge in [0.2, 0.25) is 0 Å². The molecule has 1 aromatic carbocycles. The summed E-state index contributed by atoms with van der Waals surface area (Å²) in [6, 6.07) is 7.58. The molecule has 0 aliphatic heterocycles. The third-order valence-electron chi connectivity index (χ3n) is 1.89. The molecule has 0 saturated heterocycles.